The monoisotopic (exact) mass is 302 g/mol. The fourth-order valence-electron chi connectivity index (χ4n) is 2.22. The molecule has 1 aromatic carbocycles. The van der Waals surface area contributed by atoms with Crippen molar-refractivity contribution in [2.45, 2.75) is 12.8 Å². The average Bonchev–Trinajstić information content (AvgIpc) is 2.47. The van der Waals surface area contributed by atoms with Crippen molar-refractivity contribution < 1.29 is 9.90 Å². The molecule has 0 aliphatic carbocycles. The maximum Gasteiger partial charge on any atom is 0.310 e. The molecule has 106 valence electrons. The molecule has 0 fully saturated rings. The van der Waals surface area contributed by atoms with Crippen LogP contribution in [-0.2, 0) is 4.79 Å². The molecule has 1 N–H and O–H groups in total. The number of halogens is 1. The molecule has 1 atom stereocenters. The average molecular weight is 303 g/mol. The molecule has 21 heavy (non-hydrogen) atoms. The van der Waals surface area contributed by atoms with Crippen LogP contribution in [0.5, 0.6) is 0 Å². The summed E-state index contributed by atoms with van der Waals surface area (Å²) in [6, 6.07) is 8.22. The van der Waals surface area contributed by atoms with Crippen LogP contribution in [0.2, 0.25) is 5.02 Å². The van der Waals surface area contributed by atoms with Crippen molar-refractivity contribution in [1.82, 2.24) is 9.38 Å². The quantitative estimate of drug-likeness (QED) is 0.739. The van der Waals surface area contributed by atoms with E-state index in [1.165, 1.54) is 4.40 Å². The SMILES string of the molecule is CC(C(=O)O)c1ccc2nc3c(Cl)cccn3c(=O)c2c1. The number of nitrogens with zero attached hydrogens (tertiary/aromatic N) is 2. The van der Waals surface area contributed by atoms with E-state index in [-0.39, 0.29) is 5.56 Å². The second kappa shape index (κ2) is 4.86. The number of hydrogen-bond donors (Lipinski definition) is 1. The summed E-state index contributed by atoms with van der Waals surface area (Å²) in [5.74, 6) is -1.62. The number of aliphatic carboxylic acids is 1. The van der Waals surface area contributed by atoms with Gasteiger partial charge in [-0.15, -0.1) is 0 Å². The van der Waals surface area contributed by atoms with Crippen LogP contribution in [0.4, 0.5) is 0 Å². The van der Waals surface area contributed by atoms with Gasteiger partial charge in [-0.25, -0.2) is 4.98 Å². The van der Waals surface area contributed by atoms with E-state index < -0.39 is 11.9 Å². The zero-order chi connectivity index (χ0) is 15.1. The molecular weight excluding hydrogens is 292 g/mol. The van der Waals surface area contributed by atoms with Crippen molar-refractivity contribution in [3.63, 3.8) is 0 Å². The molecule has 2 heterocycles. The van der Waals surface area contributed by atoms with Crippen molar-refractivity contribution in [2.24, 2.45) is 0 Å². The summed E-state index contributed by atoms with van der Waals surface area (Å²) in [7, 11) is 0. The van der Waals surface area contributed by atoms with E-state index in [0.717, 1.165) is 0 Å². The number of carbonyl (C=O) groups is 1. The molecule has 0 aliphatic heterocycles. The van der Waals surface area contributed by atoms with Gasteiger partial charge in [0, 0.05) is 6.20 Å². The number of rotatable bonds is 2. The van der Waals surface area contributed by atoms with Crippen LogP contribution in [0, 0.1) is 0 Å². The highest BCUT2D eigenvalue weighted by atomic mass is 35.5. The van der Waals surface area contributed by atoms with E-state index in [2.05, 4.69) is 4.98 Å². The largest absolute Gasteiger partial charge is 0.481 e. The van der Waals surface area contributed by atoms with Crippen molar-refractivity contribution >= 4 is 34.1 Å². The lowest BCUT2D eigenvalue weighted by Crippen LogP contribution is -2.16. The van der Waals surface area contributed by atoms with Crippen LogP contribution in [-0.4, -0.2) is 20.5 Å². The number of fused-ring (bicyclic) bond motifs is 2. The number of benzene rings is 1. The van der Waals surface area contributed by atoms with Crippen molar-refractivity contribution in [2.75, 3.05) is 0 Å². The minimum Gasteiger partial charge on any atom is -0.481 e. The van der Waals surface area contributed by atoms with E-state index >= 15 is 0 Å². The van der Waals surface area contributed by atoms with Gasteiger partial charge in [0.1, 0.15) is 0 Å². The Morgan fingerprint density at radius 1 is 1.38 bits per heavy atom. The third-order valence-corrected chi connectivity index (χ3v) is 3.78. The van der Waals surface area contributed by atoms with Gasteiger partial charge in [0.2, 0.25) is 0 Å². The number of pyridine rings is 1. The molecule has 1 unspecified atom stereocenters. The third kappa shape index (κ3) is 2.15. The highest BCUT2D eigenvalue weighted by Crippen LogP contribution is 2.21. The molecule has 0 saturated carbocycles. The molecular formula is C15H11ClN2O3. The maximum atomic E-state index is 12.5. The van der Waals surface area contributed by atoms with Gasteiger partial charge in [-0.2, -0.15) is 0 Å². The summed E-state index contributed by atoms with van der Waals surface area (Å²) in [4.78, 5) is 27.9. The number of aromatic nitrogens is 2. The first-order chi connectivity index (χ1) is 9.99. The smallest absolute Gasteiger partial charge is 0.310 e. The molecule has 0 bridgehead atoms. The molecule has 2 aromatic heterocycles. The van der Waals surface area contributed by atoms with Gasteiger partial charge in [-0.05, 0) is 36.8 Å². The molecule has 0 saturated heterocycles. The van der Waals surface area contributed by atoms with E-state index in [0.29, 0.717) is 27.1 Å². The lowest BCUT2D eigenvalue weighted by Gasteiger charge is -2.09. The highest BCUT2D eigenvalue weighted by molar-refractivity contribution is 6.33. The molecule has 0 aliphatic rings. The zero-order valence-electron chi connectivity index (χ0n) is 11.1. The Bertz CT molecular complexity index is 933. The molecule has 3 rings (SSSR count). The fourth-order valence-corrected chi connectivity index (χ4v) is 2.43. The summed E-state index contributed by atoms with van der Waals surface area (Å²) >= 11 is 6.05. The zero-order valence-corrected chi connectivity index (χ0v) is 11.8. The Kier molecular flexibility index (Phi) is 3.14. The first-order valence-corrected chi connectivity index (χ1v) is 6.70. The van der Waals surface area contributed by atoms with Crippen LogP contribution in [0.1, 0.15) is 18.4 Å². The second-order valence-electron chi connectivity index (χ2n) is 4.80. The molecule has 0 amide bonds. The number of carboxylic acids is 1. The topological polar surface area (TPSA) is 71.7 Å². The fraction of sp³-hybridized carbons (Fsp3) is 0.133. The van der Waals surface area contributed by atoms with E-state index in [1.54, 1.807) is 43.5 Å². The molecule has 6 heteroatoms. The summed E-state index contributed by atoms with van der Waals surface area (Å²) in [5, 5.41) is 9.83. The Hall–Kier alpha value is -2.40. The minimum atomic E-state index is -0.939. The Morgan fingerprint density at radius 2 is 2.14 bits per heavy atom. The predicted molar refractivity (Wildman–Crippen MR) is 80.0 cm³/mol. The number of carboxylic acid groups (broad SMARTS) is 1. The lowest BCUT2D eigenvalue weighted by molar-refractivity contribution is -0.138. The van der Waals surface area contributed by atoms with Gasteiger partial charge < -0.3 is 5.11 Å². The van der Waals surface area contributed by atoms with E-state index in [1.807, 2.05) is 0 Å². The van der Waals surface area contributed by atoms with Crippen LogP contribution < -0.4 is 5.56 Å². The lowest BCUT2D eigenvalue weighted by atomic mass is 10.00. The van der Waals surface area contributed by atoms with Gasteiger partial charge in [-0.3, -0.25) is 14.0 Å². The third-order valence-electron chi connectivity index (χ3n) is 3.49. The molecule has 5 nitrogen and oxygen atoms in total. The van der Waals surface area contributed by atoms with E-state index in [4.69, 9.17) is 16.7 Å². The number of hydrogen-bond acceptors (Lipinski definition) is 3. The summed E-state index contributed by atoms with van der Waals surface area (Å²) in [6.07, 6.45) is 1.59. The first kappa shape index (κ1) is 13.6. The van der Waals surface area contributed by atoms with Crippen LogP contribution >= 0.6 is 11.6 Å². The van der Waals surface area contributed by atoms with E-state index in [9.17, 15) is 9.59 Å². The molecule has 0 spiro atoms. The van der Waals surface area contributed by atoms with Gasteiger partial charge in [0.25, 0.3) is 5.56 Å². The summed E-state index contributed by atoms with van der Waals surface area (Å²) in [6.45, 7) is 1.58. The summed E-state index contributed by atoms with van der Waals surface area (Å²) in [5.41, 5.74) is 1.18. The van der Waals surface area contributed by atoms with Crippen molar-refractivity contribution in [3.8, 4) is 0 Å². The summed E-state index contributed by atoms with van der Waals surface area (Å²) < 4.78 is 1.36. The molecule has 3 aromatic rings. The van der Waals surface area contributed by atoms with Gasteiger partial charge in [-0.1, -0.05) is 17.7 Å². The Labute approximate surface area is 124 Å². The highest BCUT2D eigenvalue weighted by Gasteiger charge is 2.15. The Balaban J connectivity index is 2.37. The standard InChI is InChI=1S/C15H11ClN2O3/c1-8(15(20)21)9-4-5-12-10(7-9)14(19)18-6-2-3-11(16)13(18)17-12/h2-8H,1H3,(H,20,21). The normalized spacial score (nSPS) is 12.7. The predicted octanol–water partition coefficient (Wildman–Crippen LogP) is 2.69. The van der Waals surface area contributed by atoms with Crippen molar-refractivity contribution in [1.29, 1.82) is 0 Å². The van der Waals surface area contributed by atoms with Gasteiger partial charge in [0.05, 0.1) is 21.8 Å². The molecule has 0 radical (unpaired) electrons. The minimum absolute atomic E-state index is 0.267. The van der Waals surface area contributed by atoms with Crippen LogP contribution in [0.25, 0.3) is 16.6 Å². The van der Waals surface area contributed by atoms with Crippen LogP contribution in [0.15, 0.2) is 41.3 Å². The van der Waals surface area contributed by atoms with Gasteiger partial charge in [0.15, 0.2) is 5.65 Å². The first-order valence-electron chi connectivity index (χ1n) is 6.32. The second-order valence-corrected chi connectivity index (χ2v) is 5.21. The maximum absolute atomic E-state index is 12.5. The van der Waals surface area contributed by atoms with Crippen LogP contribution in [0.3, 0.4) is 0 Å². The van der Waals surface area contributed by atoms with Gasteiger partial charge >= 0.3 is 5.97 Å². The Morgan fingerprint density at radius 3 is 2.86 bits per heavy atom. The van der Waals surface area contributed by atoms with Crippen molar-refractivity contribution in [3.05, 3.63) is 57.5 Å².